The van der Waals surface area contributed by atoms with Crippen LogP contribution in [-0.2, 0) is 9.53 Å². The second-order valence-corrected chi connectivity index (χ2v) is 6.19. The first kappa shape index (κ1) is 20.6. The van der Waals surface area contributed by atoms with E-state index in [0.717, 1.165) is 15.6 Å². The van der Waals surface area contributed by atoms with Crippen molar-refractivity contribution < 1.29 is 23.7 Å². The Balaban J connectivity index is 1.97. The lowest BCUT2D eigenvalue weighted by molar-refractivity contribution is -0.136. The van der Waals surface area contributed by atoms with Crippen LogP contribution in [0.2, 0.25) is 0 Å². The zero-order valence-electron chi connectivity index (χ0n) is 15.4. The molecule has 0 amide bonds. The molecular weight excluding hydrogens is 412 g/mol. The van der Waals surface area contributed by atoms with E-state index in [4.69, 9.17) is 18.9 Å². The lowest BCUT2D eigenvalue weighted by Crippen LogP contribution is -2.00. The maximum absolute atomic E-state index is 11.8. The van der Waals surface area contributed by atoms with Gasteiger partial charge in [0, 0.05) is 22.2 Å². The van der Waals surface area contributed by atoms with Crippen molar-refractivity contribution in [2.75, 3.05) is 27.9 Å². The molecule has 2 aromatic carbocycles. The van der Waals surface area contributed by atoms with Gasteiger partial charge in [0.25, 0.3) is 0 Å². The molecule has 5 nitrogen and oxygen atoms in total. The van der Waals surface area contributed by atoms with Gasteiger partial charge in [-0.3, -0.25) is 0 Å². The Labute approximate surface area is 167 Å². The Morgan fingerprint density at radius 2 is 1.59 bits per heavy atom. The predicted octanol–water partition coefficient (Wildman–Crippen LogP) is 4.74. The standard InChI is InChI=1S/C21H21BrO5/c1-24-18-14-20(26-3)19(25-2)13-16(18)8-6-12-27-21(23)11-10-15-7-4-5-9-17(15)22/h4-11,13-14H,12H2,1-3H3/b8-6+,11-10+. The molecule has 2 rings (SSSR count). The molecule has 0 saturated carbocycles. The molecule has 2 aromatic rings. The molecule has 27 heavy (non-hydrogen) atoms. The van der Waals surface area contributed by atoms with Gasteiger partial charge in [-0.2, -0.15) is 0 Å². The van der Waals surface area contributed by atoms with Crippen molar-refractivity contribution in [1.82, 2.24) is 0 Å². The molecule has 0 fully saturated rings. The summed E-state index contributed by atoms with van der Waals surface area (Å²) in [7, 11) is 4.70. The minimum Gasteiger partial charge on any atom is -0.496 e. The largest absolute Gasteiger partial charge is 0.496 e. The molecule has 0 unspecified atom stereocenters. The molecular formula is C21H21BrO5. The molecule has 0 bridgehead atoms. The van der Waals surface area contributed by atoms with Crippen LogP contribution in [0.3, 0.4) is 0 Å². The molecule has 142 valence electrons. The zero-order valence-corrected chi connectivity index (χ0v) is 17.0. The van der Waals surface area contributed by atoms with Crippen LogP contribution in [0.15, 0.2) is 53.0 Å². The van der Waals surface area contributed by atoms with Gasteiger partial charge in [-0.05, 0) is 29.8 Å². The van der Waals surface area contributed by atoms with Gasteiger partial charge >= 0.3 is 5.97 Å². The number of rotatable bonds is 8. The Bertz CT molecular complexity index is 842. The summed E-state index contributed by atoms with van der Waals surface area (Å²) in [6, 6.07) is 11.1. The van der Waals surface area contributed by atoms with Crippen molar-refractivity contribution >= 4 is 34.1 Å². The number of esters is 1. The van der Waals surface area contributed by atoms with E-state index in [2.05, 4.69) is 15.9 Å². The summed E-state index contributed by atoms with van der Waals surface area (Å²) < 4.78 is 22.0. The maximum Gasteiger partial charge on any atom is 0.331 e. The van der Waals surface area contributed by atoms with Crippen LogP contribution in [0.5, 0.6) is 17.2 Å². The van der Waals surface area contributed by atoms with Crippen LogP contribution in [0, 0.1) is 0 Å². The highest BCUT2D eigenvalue weighted by atomic mass is 79.9. The average Bonchev–Trinajstić information content (AvgIpc) is 2.69. The first-order chi connectivity index (χ1) is 13.1. The molecule has 0 aliphatic rings. The van der Waals surface area contributed by atoms with Crippen molar-refractivity contribution in [2.45, 2.75) is 0 Å². The SMILES string of the molecule is COc1cc(OC)c(OC)cc1/C=C/COC(=O)/C=C/c1ccccc1Br. The van der Waals surface area contributed by atoms with Gasteiger partial charge in [0.05, 0.1) is 21.3 Å². The number of halogens is 1. The number of hydrogen-bond acceptors (Lipinski definition) is 5. The smallest absolute Gasteiger partial charge is 0.331 e. The van der Waals surface area contributed by atoms with Crippen molar-refractivity contribution in [2.24, 2.45) is 0 Å². The minimum atomic E-state index is -0.422. The first-order valence-corrected chi connectivity index (χ1v) is 8.94. The number of carbonyl (C=O) groups excluding carboxylic acids is 1. The lowest BCUT2D eigenvalue weighted by atomic mass is 10.1. The summed E-state index contributed by atoms with van der Waals surface area (Å²) in [4.78, 5) is 11.8. The van der Waals surface area contributed by atoms with Gasteiger partial charge in [0.1, 0.15) is 12.4 Å². The van der Waals surface area contributed by atoms with Crippen LogP contribution in [0.4, 0.5) is 0 Å². The molecule has 0 spiro atoms. The normalized spacial score (nSPS) is 11.0. The number of hydrogen-bond donors (Lipinski definition) is 0. The second kappa shape index (κ2) is 10.4. The van der Waals surface area contributed by atoms with Gasteiger partial charge in [-0.1, -0.05) is 40.2 Å². The van der Waals surface area contributed by atoms with Crippen molar-refractivity contribution in [1.29, 1.82) is 0 Å². The van der Waals surface area contributed by atoms with E-state index in [9.17, 15) is 4.79 Å². The molecule has 0 aliphatic heterocycles. The number of ether oxygens (including phenoxy) is 4. The van der Waals surface area contributed by atoms with E-state index in [-0.39, 0.29) is 6.61 Å². The maximum atomic E-state index is 11.8. The first-order valence-electron chi connectivity index (χ1n) is 8.15. The fraction of sp³-hybridized carbons (Fsp3) is 0.190. The number of methoxy groups -OCH3 is 3. The summed E-state index contributed by atoms with van der Waals surface area (Å²) in [5.74, 6) is 1.38. The van der Waals surface area contributed by atoms with Crippen LogP contribution in [0.25, 0.3) is 12.2 Å². The quantitative estimate of drug-likeness (QED) is 0.445. The Kier molecular flexibility index (Phi) is 7.95. The topological polar surface area (TPSA) is 54.0 Å². The fourth-order valence-electron chi connectivity index (χ4n) is 2.30. The molecule has 0 saturated heterocycles. The second-order valence-electron chi connectivity index (χ2n) is 5.34. The highest BCUT2D eigenvalue weighted by Crippen LogP contribution is 2.35. The molecule has 0 radical (unpaired) electrons. The van der Waals surface area contributed by atoms with E-state index in [1.165, 1.54) is 6.08 Å². The van der Waals surface area contributed by atoms with Crippen molar-refractivity contribution in [3.8, 4) is 17.2 Å². The fourth-order valence-corrected chi connectivity index (χ4v) is 2.72. The third-order valence-electron chi connectivity index (χ3n) is 3.66. The number of benzene rings is 2. The highest BCUT2D eigenvalue weighted by molar-refractivity contribution is 9.10. The molecule has 0 aliphatic carbocycles. The van der Waals surface area contributed by atoms with Gasteiger partial charge in [0.15, 0.2) is 11.5 Å². The van der Waals surface area contributed by atoms with Crippen LogP contribution in [-0.4, -0.2) is 33.9 Å². The summed E-state index contributed by atoms with van der Waals surface area (Å²) in [5, 5.41) is 0. The Morgan fingerprint density at radius 3 is 2.26 bits per heavy atom. The summed E-state index contributed by atoms with van der Waals surface area (Å²) in [6.07, 6.45) is 6.62. The zero-order chi connectivity index (χ0) is 19.6. The lowest BCUT2D eigenvalue weighted by Gasteiger charge is -2.12. The Morgan fingerprint density at radius 1 is 0.926 bits per heavy atom. The molecule has 0 heterocycles. The van der Waals surface area contributed by atoms with E-state index < -0.39 is 5.97 Å². The third kappa shape index (κ3) is 5.89. The molecule has 0 aromatic heterocycles. The average molecular weight is 433 g/mol. The van der Waals surface area contributed by atoms with Crippen molar-refractivity contribution in [3.05, 3.63) is 64.1 Å². The van der Waals surface area contributed by atoms with Gasteiger partial charge < -0.3 is 18.9 Å². The van der Waals surface area contributed by atoms with Gasteiger partial charge in [-0.25, -0.2) is 4.79 Å². The van der Waals surface area contributed by atoms with Crippen LogP contribution in [0.1, 0.15) is 11.1 Å². The van der Waals surface area contributed by atoms with Gasteiger partial charge in [0.2, 0.25) is 0 Å². The molecule has 6 heteroatoms. The van der Waals surface area contributed by atoms with E-state index >= 15 is 0 Å². The number of carbonyl (C=O) groups is 1. The third-order valence-corrected chi connectivity index (χ3v) is 4.38. The van der Waals surface area contributed by atoms with Gasteiger partial charge in [-0.15, -0.1) is 0 Å². The van der Waals surface area contributed by atoms with Crippen LogP contribution < -0.4 is 14.2 Å². The predicted molar refractivity (Wildman–Crippen MR) is 109 cm³/mol. The molecule has 0 N–H and O–H groups in total. The van der Waals surface area contributed by atoms with E-state index in [0.29, 0.717) is 17.2 Å². The summed E-state index contributed by atoms with van der Waals surface area (Å²) >= 11 is 3.43. The highest BCUT2D eigenvalue weighted by Gasteiger charge is 2.09. The monoisotopic (exact) mass is 432 g/mol. The van der Waals surface area contributed by atoms with E-state index in [1.807, 2.05) is 24.3 Å². The minimum absolute atomic E-state index is 0.136. The van der Waals surface area contributed by atoms with Crippen LogP contribution >= 0.6 is 15.9 Å². The summed E-state index contributed by atoms with van der Waals surface area (Å²) in [5.41, 5.74) is 1.69. The van der Waals surface area contributed by atoms with E-state index in [1.54, 1.807) is 51.7 Å². The summed E-state index contributed by atoms with van der Waals surface area (Å²) in [6.45, 7) is 0.136. The Hall–Kier alpha value is -2.73. The van der Waals surface area contributed by atoms with Crippen molar-refractivity contribution in [3.63, 3.8) is 0 Å². The molecule has 0 atom stereocenters.